The lowest BCUT2D eigenvalue weighted by atomic mass is 9.99. The molecule has 0 fully saturated rings. The van der Waals surface area contributed by atoms with Crippen molar-refractivity contribution >= 4 is 11.0 Å². The van der Waals surface area contributed by atoms with Crippen molar-refractivity contribution in [3.8, 4) is 0 Å². The van der Waals surface area contributed by atoms with Crippen molar-refractivity contribution in [2.45, 2.75) is 31.5 Å². The van der Waals surface area contributed by atoms with Crippen molar-refractivity contribution in [1.82, 2.24) is 9.13 Å². The van der Waals surface area contributed by atoms with Crippen molar-refractivity contribution in [2.75, 3.05) is 0 Å². The average Bonchev–Trinajstić information content (AvgIpc) is 2.54. The van der Waals surface area contributed by atoms with E-state index in [4.69, 9.17) is 0 Å². The van der Waals surface area contributed by atoms with E-state index in [1.54, 1.807) is 23.2 Å². The Labute approximate surface area is 110 Å². The molecule has 5 nitrogen and oxygen atoms in total. The maximum absolute atomic E-state index is 11.9. The summed E-state index contributed by atoms with van der Waals surface area (Å²) in [6.07, 6.45) is 0.683. The summed E-state index contributed by atoms with van der Waals surface area (Å²) in [6, 6.07) is 3.80. The number of benzene rings is 1. The quantitative estimate of drug-likeness (QED) is 0.683. The predicted octanol–water partition coefficient (Wildman–Crippen LogP) is 0.608. The van der Waals surface area contributed by atoms with Crippen LogP contribution in [0.3, 0.4) is 0 Å². The summed E-state index contributed by atoms with van der Waals surface area (Å²) in [5, 5.41) is 20.1. The maximum atomic E-state index is 11.9. The number of nitrogens with zero attached hydrogens (tertiary/aromatic N) is 2. The van der Waals surface area contributed by atoms with E-state index in [9.17, 15) is 15.0 Å². The van der Waals surface area contributed by atoms with Crippen LogP contribution in [0.2, 0.25) is 0 Å². The van der Waals surface area contributed by atoms with Gasteiger partial charge in [0.1, 0.15) is 6.10 Å². The number of rotatable bonds is 0. The highest BCUT2D eigenvalue weighted by Gasteiger charge is 2.25. The topological polar surface area (TPSA) is 67.4 Å². The molecule has 1 aliphatic carbocycles. The van der Waals surface area contributed by atoms with E-state index in [2.05, 4.69) is 0 Å². The van der Waals surface area contributed by atoms with Gasteiger partial charge in [-0.2, -0.15) is 0 Å². The van der Waals surface area contributed by atoms with Crippen molar-refractivity contribution < 1.29 is 10.2 Å². The number of aliphatic hydroxyl groups is 2. The fraction of sp³-hybridized carbons (Fsp3) is 0.500. The van der Waals surface area contributed by atoms with Gasteiger partial charge in [-0.1, -0.05) is 0 Å². The zero-order chi connectivity index (χ0) is 13.7. The second-order valence-electron chi connectivity index (χ2n) is 5.34. The van der Waals surface area contributed by atoms with E-state index in [1.807, 2.05) is 12.1 Å². The molecule has 0 saturated carbocycles. The summed E-state index contributed by atoms with van der Waals surface area (Å²) in [4.78, 5) is 11.9. The van der Waals surface area contributed by atoms with E-state index in [-0.39, 0.29) is 5.69 Å². The van der Waals surface area contributed by atoms with E-state index >= 15 is 0 Å². The number of aryl methyl sites for hydroxylation is 3. The number of fused-ring (bicyclic) bond motifs is 2. The Balaban J connectivity index is 2.32. The Morgan fingerprint density at radius 3 is 2.47 bits per heavy atom. The SMILES string of the molecule is Cn1c(=O)n(C)c2cc3c(cc21)CCC[C@@H](O)[C@@H]3O. The molecule has 1 heterocycles. The molecule has 1 aromatic heterocycles. The van der Waals surface area contributed by atoms with Crippen molar-refractivity contribution in [2.24, 2.45) is 14.1 Å². The van der Waals surface area contributed by atoms with Gasteiger partial charge in [-0.3, -0.25) is 9.13 Å². The third-order valence-electron chi connectivity index (χ3n) is 4.16. The van der Waals surface area contributed by atoms with Crippen LogP contribution < -0.4 is 5.69 Å². The standard InChI is InChI=1S/C14H18N2O3/c1-15-10-6-8-4-3-5-12(17)13(18)9(8)7-11(10)16(2)14(15)19/h6-7,12-13,17-18H,3-5H2,1-2H3/t12-,13-/m1/s1. The van der Waals surface area contributed by atoms with Crippen LogP contribution in [0.4, 0.5) is 0 Å². The summed E-state index contributed by atoms with van der Waals surface area (Å²) in [6.45, 7) is 0. The zero-order valence-corrected chi connectivity index (χ0v) is 11.1. The molecule has 0 aliphatic heterocycles. The molecule has 0 saturated heterocycles. The van der Waals surface area contributed by atoms with Gasteiger partial charge in [-0.15, -0.1) is 0 Å². The van der Waals surface area contributed by atoms with Gasteiger partial charge < -0.3 is 10.2 Å². The smallest absolute Gasteiger partial charge is 0.328 e. The van der Waals surface area contributed by atoms with Crippen molar-refractivity contribution in [1.29, 1.82) is 0 Å². The first-order valence-corrected chi connectivity index (χ1v) is 6.55. The summed E-state index contributed by atoms with van der Waals surface area (Å²) in [5.41, 5.74) is 3.36. The lowest BCUT2D eigenvalue weighted by Crippen LogP contribution is -2.19. The lowest BCUT2D eigenvalue weighted by molar-refractivity contribution is 0.0153. The molecule has 0 radical (unpaired) electrons. The van der Waals surface area contributed by atoms with E-state index < -0.39 is 12.2 Å². The maximum Gasteiger partial charge on any atom is 0.328 e. The minimum absolute atomic E-state index is 0.0785. The van der Waals surface area contributed by atoms with Crippen LogP contribution in [0, 0.1) is 0 Å². The first kappa shape index (κ1) is 12.4. The van der Waals surface area contributed by atoms with Crippen molar-refractivity contribution in [3.05, 3.63) is 33.7 Å². The minimum Gasteiger partial charge on any atom is -0.390 e. The second-order valence-corrected chi connectivity index (χ2v) is 5.34. The fourth-order valence-electron chi connectivity index (χ4n) is 2.96. The second kappa shape index (κ2) is 4.21. The Hall–Kier alpha value is -1.59. The van der Waals surface area contributed by atoms with Crippen LogP contribution in [0.15, 0.2) is 16.9 Å². The van der Waals surface area contributed by atoms with Gasteiger partial charge >= 0.3 is 5.69 Å². The lowest BCUT2D eigenvalue weighted by Gasteiger charge is -2.17. The highest BCUT2D eigenvalue weighted by atomic mass is 16.3. The summed E-state index contributed by atoms with van der Waals surface area (Å²) in [7, 11) is 3.47. The van der Waals surface area contributed by atoms with E-state index in [1.165, 1.54) is 0 Å². The van der Waals surface area contributed by atoms with Crippen LogP contribution in [0.1, 0.15) is 30.1 Å². The molecule has 0 spiro atoms. The fourth-order valence-corrected chi connectivity index (χ4v) is 2.96. The van der Waals surface area contributed by atoms with Crippen LogP contribution in [0.5, 0.6) is 0 Å². The monoisotopic (exact) mass is 262 g/mol. The molecular weight excluding hydrogens is 244 g/mol. The normalized spacial score (nSPS) is 23.4. The Morgan fingerprint density at radius 1 is 1.16 bits per heavy atom. The number of aliphatic hydroxyl groups excluding tert-OH is 2. The Morgan fingerprint density at radius 2 is 1.79 bits per heavy atom. The van der Waals surface area contributed by atoms with Gasteiger partial charge in [-0.25, -0.2) is 4.79 Å². The van der Waals surface area contributed by atoms with Crippen LogP contribution >= 0.6 is 0 Å². The number of hydrogen-bond acceptors (Lipinski definition) is 3. The van der Waals surface area contributed by atoms with Crippen molar-refractivity contribution in [3.63, 3.8) is 0 Å². The molecule has 1 aromatic carbocycles. The third-order valence-corrected chi connectivity index (χ3v) is 4.16. The van der Waals surface area contributed by atoms with Gasteiger partial charge in [0.2, 0.25) is 0 Å². The molecule has 0 amide bonds. The van der Waals surface area contributed by atoms with E-state index in [0.717, 1.165) is 35.0 Å². The van der Waals surface area contributed by atoms with E-state index in [0.29, 0.717) is 6.42 Å². The molecule has 5 heteroatoms. The number of aromatic nitrogens is 2. The Bertz CT molecular complexity index is 699. The van der Waals surface area contributed by atoms with Gasteiger partial charge in [0.15, 0.2) is 0 Å². The molecule has 2 atom stereocenters. The molecule has 0 bridgehead atoms. The van der Waals surface area contributed by atoms with Crippen LogP contribution in [-0.2, 0) is 20.5 Å². The average molecular weight is 262 g/mol. The van der Waals surface area contributed by atoms with Gasteiger partial charge in [0.25, 0.3) is 0 Å². The molecule has 2 aromatic rings. The highest BCUT2D eigenvalue weighted by molar-refractivity contribution is 5.78. The highest BCUT2D eigenvalue weighted by Crippen LogP contribution is 2.31. The molecule has 0 unspecified atom stereocenters. The number of hydrogen-bond donors (Lipinski definition) is 2. The largest absolute Gasteiger partial charge is 0.390 e. The third kappa shape index (κ3) is 1.73. The molecule has 2 N–H and O–H groups in total. The predicted molar refractivity (Wildman–Crippen MR) is 72.1 cm³/mol. The van der Waals surface area contributed by atoms with Gasteiger partial charge in [-0.05, 0) is 42.5 Å². The number of imidazole rings is 1. The molecular formula is C14H18N2O3. The summed E-state index contributed by atoms with van der Waals surface area (Å²) >= 11 is 0. The molecule has 3 rings (SSSR count). The molecule has 102 valence electrons. The minimum atomic E-state index is -0.864. The van der Waals surface area contributed by atoms with Crippen LogP contribution in [-0.4, -0.2) is 25.5 Å². The summed E-state index contributed by atoms with van der Waals surface area (Å²) < 4.78 is 3.18. The first-order valence-electron chi connectivity index (χ1n) is 6.55. The van der Waals surface area contributed by atoms with Gasteiger partial charge in [0.05, 0.1) is 17.1 Å². The molecule has 19 heavy (non-hydrogen) atoms. The Kier molecular flexibility index (Phi) is 2.76. The summed E-state index contributed by atoms with van der Waals surface area (Å²) in [5.74, 6) is 0. The zero-order valence-electron chi connectivity index (χ0n) is 11.1. The first-order chi connectivity index (χ1) is 9.00. The van der Waals surface area contributed by atoms with Crippen LogP contribution in [0.25, 0.3) is 11.0 Å². The van der Waals surface area contributed by atoms with Gasteiger partial charge in [0, 0.05) is 14.1 Å². The molecule has 1 aliphatic rings.